The van der Waals surface area contributed by atoms with Crippen molar-refractivity contribution in [3.05, 3.63) is 35.9 Å². The summed E-state index contributed by atoms with van der Waals surface area (Å²) in [4.78, 5) is 0. The second kappa shape index (κ2) is 12.6. The van der Waals surface area contributed by atoms with Crippen molar-refractivity contribution in [2.45, 2.75) is 141 Å². The van der Waals surface area contributed by atoms with Gasteiger partial charge in [-0.25, -0.2) is 0 Å². The molecule has 0 N–H and O–H groups in total. The molecule has 1 aliphatic heterocycles. The molecule has 1 saturated heterocycles. The number of epoxide rings is 1. The Balaban J connectivity index is 2.09. The van der Waals surface area contributed by atoms with Crippen LogP contribution in [0.5, 0.6) is 0 Å². The molecular formula is C30H56O4Si2. The zero-order chi connectivity index (χ0) is 27.4. The third-order valence-electron chi connectivity index (χ3n) is 8.84. The van der Waals surface area contributed by atoms with E-state index in [0.29, 0.717) is 36.4 Å². The van der Waals surface area contributed by atoms with Crippen molar-refractivity contribution in [3.8, 4) is 0 Å². The summed E-state index contributed by atoms with van der Waals surface area (Å²) in [5.41, 5.74) is 2.69. The molecule has 36 heavy (non-hydrogen) atoms. The Kier molecular flexibility index (Phi) is 11.1. The van der Waals surface area contributed by atoms with E-state index >= 15 is 0 Å². The van der Waals surface area contributed by atoms with Crippen molar-refractivity contribution in [2.24, 2.45) is 0 Å². The van der Waals surface area contributed by atoms with Crippen LogP contribution in [0.1, 0.15) is 87.6 Å². The average Bonchev–Trinajstić information content (AvgIpc) is 3.41. The van der Waals surface area contributed by atoms with E-state index in [1.54, 1.807) is 0 Å². The minimum atomic E-state index is -2.02. The zero-order valence-corrected chi connectivity index (χ0v) is 27.4. The summed E-state index contributed by atoms with van der Waals surface area (Å²) in [7, 11) is -3.81. The first kappa shape index (κ1) is 31.7. The van der Waals surface area contributed by atoms with Gasteiger partial charge in [-0.1, -0.05) is 92.6 Å². The van der Waals surface area contributed by atoms with Crippen molar-refractivity contribution in [1.82, 2.24) is 0 Å². The van der Waals surface area contributed by atoms with Gasteiger partial charge in [-0.05, 0) is 53.7 Å². The molecule has 1 heterocycles. The van der Waals surface area contributed by atoms with E-state index in [4.69, 9.17) is 18.3 Å². The van der Waals surface area contributed by atoms with E-state index < -0.39 is 16.6 Å². The average molecular weight is 537 g/mol. The Morgan fingerprint density at radius 3 is 2.00 bits per heavy atom. The second-order valence-corrected chi connectivity index (χ2v) is 23.8. The van der Waals surface area contributed by atoms with Crippen LogP contribution in [-0.4, -0.2) is 47.7 Å². The first-order chi connectivity index (χ1) is 16.5. The number of hydrogen-bond donors (Lipinski definition) is 0. The molecule has 0 amide bonds. The maximum absolute atomic E-state index is 7.29. The van der Waals surface area contributed by atoms with Crippen molar-refractivity contribution < 1.29 is 18.3 Å². The monoisotopic (exact) mass is 536 g/mol. The SMILES string of the molecule is CC(C)[Si](O[C@H](CCOCc1ccccc1)C[C@@]1(C)O[C@@H]1CO[Si](C)(C)C(C)(C)C)(C(C)C)C(C)C. The molecule has 3 atom stereocenters. The van der Waals surface area contributed by atoms with E-state index in [9.17, 15) is 0 Å². The van der Waals surface area contributed by atoms with Crippen molar-refractivity contribution in [1.29, 1.82) is 0 Å². The van der Waals surface area contributed by atoms with Crippen LogP contribution < -0.4 is 0 Å². The molecule has 1 aliphatic rings. The van der Waals surface area contributed by atoms with Gasteiger partial charge in [0.1, 0.15) is 6.10 Å². The minimum absolute atomic E-state index is 0.127. The molecule has 1 aromatic carbocycles. The van der Waals surface area contributed by atoms with Gasteiger partial charge in [0.15, 0.2) is 8.32 Å². The van der Waals surface area contributed by atoms with E-state index in [2.05, 4.69) is 107 Å². The first-order valence-corrected chi connectivity index (χ1v) is 19.2. The van der Waals surface area contributed by atoms with Gasteiger partial charge in [0.25, 0.3) is 0 Å². The molecule has 4 nitrogen and oxygen atoms in total. The molecule has 6 heteroatoms. The third-order valence-corrected chi connectivity index (χ3v) is 19.5. The van der Waals surface area contributed by atoms with Crippen LogP contribution in [0, 0.1) is 0 Å². The van der Waals surface area contributed by atoms with Crippen molar-refractivity contribution in [2.75, 3.05) is 13.2 Å². The fraction of sp³-hybridized carbons (Fsp3) is 0.800. The fourth-order valence-electron chi connectivity index (χ4n) is 5.51. The van der Waals surface area contributed by atoms with Gasteiger partial charge in [-0.2, -0.15) is 0 Å². The number of benzene rings is 1. The molecular weight excluding hydrogens is 480 g/mol. The number of rotatable bonds is 15. The molecule has 208 valence electrons. The topological polar surface area (TPSA) is 40.2 Å². The van der Waals surface area contributed by atoms with E-state index in [0.717, 1.165) is 12.8 Å². The summed E-state index contributed by atoms with van der Waals surface area (Å²) in [6.45, 7) is 29.9. The molecule has 1 fully saturated rings. The lowest BCUT2D eigenvalue weighted by Gasteiger charge is -2.45. The molecule has 0 aliphatic carbocycles. The van der Waals surface area contributed by atoms with Gasteiger partial charge in [0.05, 0.1) is 24.9 Å². The Labute approximate surface area is 225 Å². The third kappa shape index (κ3) is 8.00. The molecule has 0 radical (unpaired) electrons. The van der Waals surface area contributed by atoms with Gasteiger partial charge in [0.2, 0.25) is 8.32 Å². The summed E-state index contributed by atoms with van der Waals surface area (Å²) in [6.07, 6.45) is 2.06. The maximum atomic E-state index is 7.29. The highest BCUT2D eigenvalue weighted by molar-refractivity contribution is 6.77. The van der Waals surface area contributed by atoms with E-state index in [1.807, 2.05) is 6.07 Å². The predicted octanol–water partition coefficient (Wildman–Crippen LogP) is 8.72. The summed E-state index contributed by atoms with van der Waals surface area (Å²) in [6, 6.07) is 10.4. The summed E-state index contributed by atoms with van der Waals surface area (Å²) >= 11 is 0. The van der Waals surface area contributed by atoms with Gasteiger partial charge in [-0.15, -0.1) is 0 Å². The van der Waals surface area contributed by atoms with Crippen LogP contribution in [0.25, 0.3) is 0 Å². The largest absolute Gasteiger partial charge is 0.414 e. The normalized spacial score (nSPS) is 22.0. The zero-order valence-electron chi connectivity index (χ0n) is 25.4. The maximum Gasteiger partial charge on any atom is 0.200 e. The smallest absolute Gasteiger partial charge is 0.200 e. The number of hydrogen-bond acceptors (Lipinski definition) is 4. The van der Waals surface area contributed by atoms with Crippen LogP contribution in [0.4, 0.5) is 0 Å². The highest BCUT2D eigenvalue weighted by Gasteiger charge is 2.56. The summed E-state index contributed by atoms with van der Waals surface area (Å²) < 4.78 is 26.2. The fourth-order valence-corrected chi connectivity index (χ4v) is 12.1. The van der Waals surface area contributed by atoms with Gasteiger partial charge >= 0.3 is 0 Å². The van der Waals surface area contributed by atoms with Crippen LogP contribution >= 0.6 is 0 Å². The Hall–Kier alpha value is -0.506. The number of ether oxygens (including phenoxy) is 2. The Morgan fingerprint density at radius 2 is 1.50 bits per heavy atom. The lowest BCUT2D eigenvalue weighted by Crippen LogP contribution is -2.51. The molecule has 2 rings (SSSR count). The molecule has 1 aromatic rings. The van der Waals surface area contributed by atoms with E-state index in [-0.39, 0.29) is 22.8 Å². The van der Waals surface area contributed by atoms with Gasteiger partial charge in [0, 0.05) is 13.0 Å². The highest BCUT2D eigenvalue weighted by Crippen LogP contribution is 2.47. The van der Waals surface area contributed by atoms with Crippen LogP contribution in [-0.2, 0) is 24.9 Å². The van der Waals surface area contributed by atoms with Crippen LogP contribution in [0.2, 0.25) is 34.8 Å². The Morgan fingerprint density at radius 1 is 0.944 bits per heavy atom. The molecule has 0 bridgehead atoms. The van der Waals surface area contributed by atoms with Crippen molar-refractivity contribution >= 4 is 16.6 Å². The Bertz CT molecular complexity index is 766. The van der Waals surface area contributed by atoms with Crippen LogP contribution in [0.3, 0.4) is 0 Å². The molecule has 0 spiro atoms. The minimum Gasteiger partial charge on any atom is -0.414 e. The predicted molar refractivity (Wildman–Crippen MR) is 158 cm³/mol. The lowest BCUT2D eigenvalue weighted by molar-refractivity contribution is 0.0623. The molecule has 0 aromatic heterocycles. The van der Waals surface area contributed by atoms with E-state index in [1.165, 1.54) is 5.56 Å². The summed E-state index contributed by atoms with van der Waals surface area (Å²) in [5.74, 6) is 0. The summed E-state index contributed by atoms with van der Waals surface area (Å²) in [5, 5.41) is 0.205. The van der Waals surface area contributed by atoms with Gasteiger partial charge < -0.3 is 18.3 Å². The molecule has 0 unspecified atom stereocenters. The second-order valence-electron chi connectivity index (χ2n) is 13.6. The standard InChI is InChI=1S/C30H56O4Si2/c1-23(2)36(24(3)4,25(5)6)34-27(18-19-31-21-26-16-14-13-15-17-26)20-30(10)28(33-30)22-32-35(11,12)29(7,8)9/h13-17,23-25,27-28H,18-22H2,1-12H3/t27-,28-,30-/m1/s1. The molecule has 0 saturated carbocycles. The highest BCUT2D eigenvalue weighted by atomic mass is 28.4. The van der Waals surface area contributed by atoms with Crippen molar-refractivity contribution in [3.63, 3.8) is 0 Å². The lowest BCUT2D eigenvalue weighted by atomic mass is 9.98. The quantitative estimate of drug-likeness (QED) is 0.128. The van der Waals surface area contributed by atoms with Gasteiger partial charge in [-0.3, -0.25) is 0 Å². The van der Waals surface area contributed by atoms with Crippen LogP contribution in [0.15, 0.2) is 30.3 Å². The first-order valence-electron chi connectivity index (χ1n) is 14.2.